The van der Waals surface area contributed by atoms with E-state index in [0.717, 1.165) is 40.2 Å². The Bertz CT molecular complexity index is 1310. The predicted molar refractivity (Wildman–Crippen MR) is 125 cm³/mol. The van der Waals surface area contributed by atoms with Crippen molar-refractivity contribution >= 4 is 17.4 Å². The fourth-order valence-corrected chi connectivity index (χ4v) is 5.36. The molecule has 0 bridgehead atoms. The van der Waals surface area contributed by atoms with E-state index in [0.29, 0.717) is 39.3 Å². The molecule has 1 amide bonds. The number of rotatable bonds is 4. The Morgan fingerprint density at radius 3 is 2.82 bits per heavy atom. The molecule has 2 aromatic heterocycles. The lowest BCUT2D eigenvalue weighted by molar-refractivity contribution is -0.129. The zero-order valence-electron chi connectivity index (χ0n) is 19.4. The van der Waals surface area contributed by atoms with Gasteiger partial charge in [0.25, 0.3) is 0 Å². The van der Waals surface area contributed by atoms with E-state index in [9.17, 15) is 10.1 Å². The van der Waals surface area contributed by atoms with Crippen LogP contribution in [0.5, 0.6) is 0 Å². The highest BCUT2D eigenvalue weighted by atomic mass is 16.5. The van der Waals surface area contributed by atoms with Crippen LogP contribution in [0.4, 0.5) is 11.5 Å². The Morgan fingerprint density at radius 1 is 1.29 bits per heavy atom. The second kappa shape index (κ2) is 7.99. The lowest BCUT2D eigenvalue weighted by Crippen LogP contribution is -2.37. The molecule has 0 radical (unpaired) electrons. The number of fused-ring (bicyclic) bond motifs is 2. The highest BCUT2D eigenvalue weighted by Gasteiger charge is 2.37. The van der Waals surface area contributed by atoms with E-state index < -0.39 is 0 Å². The minimum absolute atomic E-state index is 0.0848. The molecule has 9 heteroatoms. The number of hydrogen-bond acceptors (Lipinski definition) is 6. The van der Waals surface area contributed by atoms with Gasteiger partial charge in [0.1, 0.15) is 0 Å². The molecule has 5 heterocycles. The number of nitrogens with zero attached hydrogens (tertiary/aromatic N) is 7. The van der Waals surface area contributed by atoms with Crippen molar-refractivity contribution in [1.82, 2.24) is 24.5 Å². The third kappa shape index (κ3) is 3.29. The molecule has 9 nitrogen and oxygen atoms in total. The van der Waals surface area contributed by atoms with Gasteiger partial charge in [-0.05, 0) is 23.3 Å². The molecule has 3 aliphatic rings. The average molecular weight is 458 g/mol. The molecular formula is C25H27N7O2. The van der Waals surface area contributed by atoms with Crippen molar-refractivity contribution < 1.29 is 9.53 Å². The van der Waals surface area contributed by atoms with Crippen molar-refractivity contribution in [3.63, 3.8) is 0 Å². The Hall–Kier alpha value is -3.64. The predicted octanol–water partition coefficient (Wildman–Crippen LogP) is 2.91. The number of aryl methyl sites for hydroxylation is 1. The van der Waals surface area contributed by atoms with Crippen LogP contribution in [0.25, 0.3) is 11.1 Å². The number of nitriles is 1. The fourth-order valence-electron chi connectivity index (χ4n) is 5.36. The van der Waals surface area contributed by atoms with Crippen molar-refractivity contribution in [2.24, 2.45) is 7.05 Å². The van der Waals surface area contributed by atoms with Crippen molar-refractivity contribution in [3.8, 4) is 17.2 Å². The van der Waals surface area contributed by atoms with E-state index >= 15 is 0 Å². The molecule has 1 saturated heterocycles. The van der Waals surface area contributed by atoms with Crippen LogP contribution in [0.2, 0.25) is 0 Å². The molecule has 0 aliphatic carbocycles. The zero-order chi connectivity index (χ0) is 23.4. The first-order valence-electron chi connectivity index (χ1n) is 11.7. The van der Waals surface area contributed by atoms with Crippen LogP contribution in [-0.4, -0.2) is 56.7 Å². The number of carbonyl (C=O) groups excluding carboxylic acids is 1. The van der Waals surface area contributed by atoms with Crippen molar-refractivity contribution in [2.75, 3.05) is 31.2 Å². The van der Waals surface area contributed by atoms with Gasteiger partial charge in [-0.3, -0.25) is 14.2 Å². The van der Waals surface area contributed by atoms with E-state index in [1.165, 1.54) is 5.69 Å². The topological polar surface area (TPSA) is 92.2 Å². The van der Waals surface area contributed by atoms with Crippen LogP contribution in [0.1, 0.15) is 42.1 Å². The molecule has 1 atom stereocenters. The SMILES string of the molecule is CC(=O)N1CCc2c(c(N3CC(CC#N)c4cc(-c5cnn(C)c5)ccc43)nn2C2COC2)C1. The molecule has 0 N–H and O–H groups in total. The number of ether oxygens (including phenoxy) is 1. The summed E-state index contributed by atoms with van der Waals surface area (Å²) in [7, 11) is 1.91. The van der Waals surface area contributed by atoms with Gasteiger partial charge in [-0.1, -0.05) is 6.07 Å². The molecule has 174 valence electrons. The number of carbonyl (C=O) groups is 1. The monoisotopic (exact) mass is 457 g/mol. The normalized spacial score (nSPS) is 19.5. The number of anilines is 2. The first-order valence-corrected chi connectivity index (χ1v) is 11.7. The lowest BCUT2D eigenvalue weighted by atomic mass is 9.95. The van der Waals surface area contributed by atoms with Gasteiger partial charge < -0.3 is 14.5 Å². The van der Waals surface area contributed by atoms with Crippen LogP contribution < -0.4 is 4.90 Å². The summed E-state index contributed by atoms with van der Waals surface area (Å²) in [6, 6.07) is 9.07. The van der Waals surface area contributed by atoms with Gasteiger partial charge in [-0.2, -0.15) is 15.5 Å². The molecule has 0 spiro atoms. The summed E-state index contributed by atoms with van der Waals surface area (Å²) < 4.78 is 9.38. The van der Waals surface area contributed by atoms with E-state index in [4.69, 9.17) is 9.84 Å². The molecule has 1 aromatic carbocycles. The molecule has 1 unspecified atom stereocenters. The summed E-state index contributed by atoms with van der Waals surface area (Å²) in [6.45, 7) is 4.95. The van der Waals surface area contributed by atoms with Crippen LogP contribution in [0, 0.1) is 11.3 Å². The second-order valence-corrected chi connectivity index (χ2v) is 9.42. The number of amides is 1. The highest BCUT2D eigenvalue weighted by molar-refractivity contribution is 5.78. The van der Waals surface area contributed by atoms with Gasteiger partial charge in [-0.25, -0.2) is 0 Å². The minimum Gasteiger partial charge on any atom is -0.377 e. The molecule has 3 aliphatic heterocycles. The summed E-state index contributed by atoms with van der Waals surface area (Å²) in [5.41, 5.74) is 6.73. The largest absolute Gasteiger partial charge is 0.377 e. The van der Waals surface area contributed by atoms with Gasteiger partial charge in [0.05, 0.1) is 38.1 Å². The standard InChI is InChI=1S/C25H27N7O2/c1-16(33)30-8-6-24-22(13-30)25(28-32(24)20-14-34-15-20)31-12-18(5-7-26)21-9-17(3-4-23(21)31)19-10-27-29(2)11-19/h3-4,9-11,18,20H,5-6,8,12-15H2,1-2H3. The Morgan fingerprint density at radius 2 is 2.15 bits per heavy atom. The Labute approximate surface area is 198 Å². The maximum atomic E-state index is 12.2. The van der Waals surface area contributed by atoms with Gasteiger partial charge >= 0.3 is 0 Å². The summed E-state index contributed by atoms with van der Waals surface area (Å²) in [6.07, 6.45) is 5.10. The molecule has 3 aromatic rings. The molecular weight excluding hydrogens is 430 g/mol. The second-order valence-electron chi connectivity index (χ2n) is 9.42. The van der Waals surface area contributed by atoms with Gasteiger partial charge in [0.15, 0.2) is 5.82 Å². The summed E-state index contributed by atoms with van der Waals surface area (Å²) in [5, 5.41) is 18.9. The van der Waals surface area contributed by atoms with E-state index in [-0.39, 0.29) is 17.9 Å². The average Bonchev–Trinajstić information content (AvgIpc) is 3.48. The molecule has 6 rings (SSSR count). The first kappa shape index (κ1) is 20.9. The fraction of sp³-hybridized carbons (Fsp3) is 0.440. The molecule has 0 saturated carbocycles. The quantitative estimate of drug-likeness (QED) is 0.598. The van der Waals surface area contributed by atoms with Crippen molar-refractivity contribution in [2.45, 2.75) is 38.3 Å². The van der Waals surface area contributed by atoms with Crippen LogP contribution >= 0.6 is 0 Å². The summed E-state index contributed by atoms with van der Waals surface area (Å²) >= 11 is 0. The van der Waals surface area contributed by atoms with Crippen LogP contribution in [-0.2, 0) is 29.5 Å². The van der Waals surface area contributed by atoms with E-state index in [2.05, 4.69) is 38.9 Å². The van der Waals surface area contributed by atoms with E-state index in [1.54, 1.807) is 11.6 Å². The molecule has 1 fully saturated rings. The van der Waals surface area contributed by atoms with Gasteiger partial charge in [0.2, 0.25) is 5.91 Å². The summed E-state index contributed by atoms with van der Waals surface area (Å²) in [5.74, 6) is 1.09. The van der Waals surface area contributed by atoms with Crippen molar-refractivity contribution in [1.29, 1.82) is 5.26 Å². The van der Waals surface area contributed by atoms with Gasteiger partial charge in [0, 0.05) is 74.5 Å². The Kier molecular flexibility index (Phi) is 4.92. The molecule has 34 heavy (non-hydrogen) atoms. The van der Waals surface area contributed by atoms with Crippen LogP contribution in [0.15, 0.2) is 30.6 Å². The van der Waals surface area contributed by atoms with E-state index in [1.807, 2.05) is 24.3 Å². The lowest BCUT2D eigenvalue weighted by Gasteiger charge is -2.31. The third-order valence-electron chi connectivity index (χ3n) is 7.27. The van der Waals surface area contributed by atoms with Crippen LogP contribution in [0.3, 0.4) is 0 Å². The smallest absolute Gasteiger partial charge is 0.219 e. The maximum Gasteiger partial charge on any atom is 0.219 e. The van der Waals surface area contributed by atoms with Crippen molar-refractivity contribution in [3.05, 3.63) is 47.4 Å². The minimum atomic E-state index is 0.0848. The highest BCUT2D eigenvalue weighted by Crippen LogP contribution is 2.46. The first-order chi connectivity index (χ1) is 16.5. The number of hydrogen-bond donors (Lipinski definition) is 0. The Balaban J connectivity index is 1.44. The zero-order valence-corrected chi connectivity index (χ0v) is 19.4. The number of aromatic nitrogens is 4. The van der Waals surface area contributed by atoms with Gasteiger partial charge in [-0.15, -0.1) is 0 Å². The summed E-state index contributed by atoms with van der Waals surface area (Å²) in [4.78, 5) is 16.3. The maximum absolute atomic E-state index is 12.2. The number of benzene rings is 1. The third-order valence-corrected chi connectivity index (χ3v) is 7.27.